The Hall–Kier alpha value is -2.62. The van der Waals surface area contributed by atoms with Crippen LogP contribution in [0.4, 0.5) is 5.69 Å². The molecule has 1 fully saturated rings. The quantitative estimate of drug-likeness (QED) is 0.654. The van der Waals surface area contributed by atoms with Crippen LogP contribution in [0.25, 0.3) is 0 Å². The van der Waals surface area contributed by atoms with Crippen molar-refractivity contribution < 1.29 is 23.9 Å². The highest BCUT2D eigenvalue weighted by Gasteiger charge is 2.36. The molecule has 1 saturated heterocycles. The molecular weight excluding hydrogens is 453 g/mol. The number of methoxy groups -OCH3 is 1. The predicted molar refractivity (Wildman–Crippen MR) is 113 cm³/mol. The van der Waals surface area contributed by atoms with E-state index in [9.17, 15) is 19.2 Å². The summed E-state index contributed by atoms with van der Waals surface area (Å²) in [6.45, 7) is 0.490. The maximum Gasteiger partial charge on any atom is 0.337 e. The van der Waals surface area contributed by atoms with Crippen LogP contribution in [-0.2, 0) is 14.3 Å². The molecule has 3 amide bonds. The van der Waals surface area contributed by atoms with Gasteiger partial charge in [0.05, 0.1) is 29.0 Å². The van der Waals surface area contributed by atoms with Crippen molar-refractivity contribution in [2.45, 2.75) is 12.5 Å². The number of carbonyl (C=O) groups is 4. The number of halogens is 2. The lowest BCUT2D eigenvalue weighted by molar-refractivity contribution is -0.131. The van der Waals surface area contributed by atoms with Crippen LogP contribution in [-0.4, -0.2) is 54.8 Å². The zero-order valence-electron chi connectivity index (χ0n) is 15.7. The number of ether oxygens (including phenoxy) is 1. The van der Waals surface area contributed by atoms with Gasteiger partial charge >= 0.3 is 5.97 Å². The maximum absolute atomic E-state index is 12.9. The molecule has 0 spiro atoms. The van der Waals surface area contributed by atoms with Crippen LogP contribution in [0.15, 0.2) is 30.3 Å². The zero-order chi connectivity index (χ0) is 21.8. The summed E-state index contributed by atoms with van der Waals surface area (Å²) >= 11 is 13.0. The van der Waals surface area contributed by atoms with Gasteiger partial charge in [-0.2, -0.15) is 0 Å². The summed E-state index contributed by atoms with van der Waals surface area (Å²) in [6.07, 6.45) is -0.268. The Morgan fingerprint density at radius 2 is 2.07 bits per heavy atom. The maximum atomic E-state index is 12.9. The minimum Gasteiger partial charge on any atom is -0.465 e. The number of anilines is 1. The van der Waals surface area contributed by atoms with Crippen molar-refractivity contribution in [1.29, 1.82) is 0 Å². The van der Waals surface area contributed by atoms with Crippen molar-refractivity contribution in [3.63, 3.8) is 0 Å². The number of piperazine rings is 1. The van der Waals surface area contributed by atoms with Crippen LogP contribution in [0.5, 0.6) is 0 Å². The van der Waals surface area contributed by atoms with Gasteiger partial charge in [0.15, 0.2) is 0 Å². The van der Waals surface area contributed by atoms with E-state index < -0.39 is 29.7 Å². The van der Waals surface area contributed by atoms with Crippen molar-refractivity contribution in [1.82, 2.24) is 10.2 Å². The highest BCUT2D eigenvalue weighted by molar-refractivity contribution is 7.20. The van der Waals surface area contributed by atoms with Gasteiger partial charge in [-0.1, -0.05) is 29.3 Å². The van der Waals surface area contributed by atoms with E-state index in [0.717, 1.165) is 11.3 Å². The summed E-state index contributed by atoms with van der Waals surface area (Å²) < 4.78 is 5.23. The fourth-order valence-corrected chi connectivity index (χ4v) is 4.48. The molecule has 0 radical (unpaired) electrons. The van der Waals surface area contributed by atoms with Crippen LogP contribution in [0.2, 0.25) is 8.67 Å². The average Bonchev–Trinajstić information content (AvgIpc) is 3.06. The van der Waals surface area contributed by atoms with E-state index in [1.165, 1.54) is 24.1 Å². The van der Waals surface area contributed by atoms with Gasteiger partial charge in [0.1, 0.15) is 10.4 Å². The summed E-state index contributed by atoms with van der Waals surface area (Å²) in [4.78, 5) is 50.8. The first-order chi connectivity index (χ1) is 14.3. The monoisotopic (exact) mass is 469 g/mol. The molecule has 11 heteroatoms. The predicted octanol–water partition coefficient (Wildman–Crippen LogP) is 2.81. The number of carbonyl (C=O) groups excluding carboxylic acids is 4. The number of hydrogen-bond acceptors (Lipinski definition) is 6. The summed E-state index contributed by atoms with van der Waals surface area (Å²) in [5, 5.41) is 5.29. The lowest BCUT2D eigenvalue weighted by Crippen LogP contribution is -2.58. The summed E-state index contributed by atoms with van der Waals surface area (Å²) in [5.74, 6) is -1.94. The second-order valence-electron chi connectivity index (χ2n) is 6.37. The summed E-state index contributed by atoms with van der Waals surface area (Å²) in [7, 11) is 1.26. The second-order valence-corrected chi connectivity index (χ2v) is 8.65. The molecule has 0 bridgehead atoms. The van der Waals surface area contributed by atoms with Gasteiger partial charge in [0.2, 0.25) is 11.8 Å². The minimum atomic E-state index is -1.01. The number of esters is 1. The van der Waals surface area contributed by atoms with Crippen molar-refractivity contribution in [2.24, 2.45) is 0 Å². The zero-order valence-corrected chi connectivity index (χ0v) is 18.1. The molecule has 3 rings (SSSR count). The van der Waals surface area contributed by atoms with E-state index in [-0.39, 0.29) is 35.0 Å². The average molecular weight is 470 g/mol. The molecule has 30 heavy (non-hydrogen) atoms. The van der Waals surface area contributed by atoms with Crippen molar-refractivity contribution in [3.05, 3.63) is 50.1 Å². The van der Waals surface area contributed by atoms with E-state index in [2.05, 4.69) is 15.4 Å². The Kier molecular flexibility index (Phi) is 6.96. The number of amides is 3. The number of hydrogen-bond donors (Lipinski definition) is 2. The minimum absolute atomic E-state index is 0.192. The third-order valence-corrected chi connectivity index (χ3v) is 5.91. The summed E-state index contributed by atoms with van der Waals surface area (Å²) in [5.41, 5.74) is 0.828. The summed E-state index contributed by atoms with van der Waals surface area (Å²) in [6, 6.07) is 6.63. The number of rotatable bonds is 5. The fourth-order valence-electron chi connectivity index (χ4n) is 3.03. The molecule has 158 valence electrons. The van der Waals surface area contributed by atoms with Crippen LogP contribution in [0, 0.1) is 0 Å². The van der Waals surface area contributed by atoms with Gasteiger partial charge < -0.3 is 20.3 Å². The molecule has 1 aromatic heterocycles. The molecule has 1 aromatic carbocycles. The SMILES string of the molecule is COC(=O)c1cccc(NC(=O)CC2C(=O)NCCN2C(=O)c2cc(Cl)sc2Cl)c1. The standard InChI is InChI=1S/C19H17Cl2N3O5S/c1-29-19(28)10-3-2-4-11(7-10)23-15(25)9-13-17(26)22-5-6-24(13)18(27)12-8-14(20)30-16(12)21/h2-4,7-8,13H,5-6,9H2,1H3,(H,22,26)(H,23,25). The highest BCUT2D eigenvalue weighted by atomic mass is 35.5. The highest BCUT2D eigenvalue weighted by Crippen LogP contribution is 2.32. The number of nitrogens with zero attached hydrogens (tertiary/aromatic N) is 1. The van der Waals surface area contributed by atoms with Crippen molar-refractivity contribution in [2.75, 3.05) is 25.5 Å². The van der Waals surface area contributed by atoms with Crippen molar-refractivity contribution in [3.8, 4) is 0 Å². The first-order valence-electron chi connectivity index (χ1n) is 8.82. The fraction of sp³-hybridized carbons (Fsp3) is 0.263. The van der Waals surface area contributed by atoms with Crippen LogP contribution in [0.3, 0.4) is 0 Å². The van der Waals surface area contributed by atoms with Gasteiger partial charge in [0.25, 0.3) is 5.91 Å². The molecule has 1 unspecified atom stereocenters. The molecule has 2 heterocycles. The Morgan fingerprint density at radius 1 is 1.30 bits per heavy atom. The number of thiophene rings is 1. The molecule has 1 aliphatic heterocycles. The second kappa shape index (κ2) is 9.46. The third-order valence-electron chi connectivity index (χ3n) is 4.42. The van der Waals surface area contributed by atoms with E-state index in [1.54, 1.807) is 18.2 Å². The Labute approximate surface area is 186 Å². The van der Waals surface area contributed by atoms with E-state index in [1.807, 2.05) is 0 Å². The molecule has 0 aliphatic carbocycles. The first-order valence-corrected chi connectivity index (χ1v) is 10.4. The van der Waals surface area contributed by atoms with Gasteiger partial charge in [-0.05, 0) is 24.3 Å². The Bertz CT molecular complexity index is 1010. The number of nitrogens with one attached hydrogen (secondary N) is 2. The van der Waals surface area contributed by atoms with Gasteiger partial charge in [-0.3, -0.25) is 14.4 Å². The normalized spacial score (nSPS) is 16.0. The van der Waals surface area contributed by atoms with Crippen LogP contribution >= 0.6 is 34.5 Å². The largest absolute Gasteiger partial charge is 0.465 e. The molecule has 1 aliphatic rings. The smallest absolute Gasteiger partial charge is 0.337 e. The van der Waals surface area contributed by atoms with E-state index >= 15 is 0 Å². The van der Waals surface area contributed by atoms with E-state index in [4.69, 9.17) is 23.2 Å². The first kappa shape index (κ1) is 22.1. The third kappa shape index (κ3) is 4.92. The topological polar surface area (TPSA) is 105 Å². The number of benzene rings is 1. The molecular formula is C19H17Cl2N3O5S. The molecule has 0 saturated carbocycles. The Morgan fingerprint density at radius 3 is 2.73 bits per heavy atom. The lowest BCUT2D eigenvalue weighted by Gasteiger charge is -2.34. The molecule has 2 N–H and O–H groups in total. The Balaban J connectivity index is 1.74. The molecule has 1 atom stereocenters. The molecule has 8 nitrogen and oxygen atoms in total. The van der Waals surface area contributed by atoms with Gasteiger partial charge in [-0.15, -0.1) is 11.3 Å². The van der Waals surface area contributed by atoms with Crippen LogP contribution < -0.4 is 10.6 Å². The van der Waals surface area contributed by atoms with Crippen molar-refractivity contribution >= 4 is 63.9 Å². The molecule has 2 aromatic rings. The van der Waals surface area contributed by atoms with Gasteiger partial charge in [0, 0.05) is 18.8 Å². The lowest BCUT2D eigenvalue weighted by atomic mass is 10.1. The van der Waals surface area contributed by atoms with Gasteiger partial charge in [-0.25, -0.2) is 4.79 Å². The van der Waals surface area contributed by atoms with E-state index in [0.29, 0.717) is 10.0 Å². The van der Waals surface area contributed by atoms with Crippen LogP contribution in [0.1, 0.15) is 27.1 Å².